The van der Waals surface area contributed by atoms with Crippen molar-refractivity contribution in [3.05, 3.63) is 0 Å². The molecule has 2 aliphatic heterocycles. The maximum atomic E-state index is 8.42. The molecule has 4 N–H and O–H groups in total. The van der Waals surface area contributed by atoms with Gasteiger partial charge in [0.05, 0.1) is 0 Å². The molecule has 5 nitrogen and oxygen atoms in total. The zero-order valence-corrected chi connectivity index (χ0v) is 9.73. The summed E-state index contributed by atoms with van der Waals surface area (Å²) in [6, 6.07) is 1.42. The molecule has 2 saturated heterocycles. The third-order valence-corrected chi connectivity index (χ3v) is 3.76. The van der Waals surface area contributed by atoms with Gasteiger partial charge in [0.2, 0.25) is 0 Å². The van der Waals surface area contributed by atoms with Crippen LogP contribution in [0.1, 0.15) is 32.1 Å². The van der Waals surface area contributed by atoms with Gasteiger partial charge in [-0.1, -0.05) is 5.16 Å². The SMILES string of the molecule is NC(CCNC1CCN2CCCC2C1)=NO. The Morgan fingerprint density at radius 1 is 1.44 bits per heavy atom. The summed E-state index contributed by atoms with van der Waals surface area (Å²) in [5.41, 5.74) is 5.43. The summed E-state index contributed by atoms with van der Waals surface area (Å²) >= 11 is 0. The van der Waals surface area contributed by atoms with Gasteiger partial charge in [0.1, 0.15) is 5.84 Å². The molecule has 0 saturated carbocycles. The zero-order chi connectivity index (χ0) is 11.4. The van der Waals surface area contributed by atoms with Crippen LogP contribution in [0.3, 0.4) is 0 Å². The van der Waals surface area contributed by atoms with Crippen molar-refractivity contribution in [2.24, 2.45) is 10.9 Å². The summed E-state index contributed by atoms with van der Waals surface area (Å²) in [5, 5.41) is 14.9. The number of hydrogen-bond acceptors (Lipinski definition) is 4. The summed E-state index contributed by atoms with van der Waals surface area (Å²) in [6.45, 7) is 3.33. The highest BCUT2D eigenvalue weighted by molar-refractivity contribution is 5.79. The predicted octanol–water partition coefficient (Wildman–Crippen LogP) is 0.339. The first-order chi connectivity index (χ1) is 7.79. The van der Waals surface area contributed by atoms with Crippen LogP contribution >= 0.6 is 0 Å². The monoisotopic (exact) mass is 226 g/mol. The second kappa shape index (κ2) is 5.50. The second-order valence-corrected chi connectivity index (χ2v) is 4.85. The van der Waals surface area contributed by atoms with Gasteiger partial charge in [0.15, 0.2) is 0 Å². The molecule has 0 aromatic heterocycles. The van der Waals surface area contributed by atoms with Gasteiger partial charge in [-0.05, 0) is 38.8 Å². The quantitative estimate of drug-likeness (QED) is 0.280. The van der Waals surface area contributed by atoms with Crippen LogP contribution in [0.15, 0.2) is 5.16 Å². The topological polar surface area (TPSA) is 73.9 Å². The number of amidine groups is 1. The first-order valence-corrected chi connectivity index (χ1v) is 6.23. The summed E-state index contributed by atoms with van der Waals surface area (Å²) in [4.78, 5) is 2.61. The van der Waals surface area contributed by atoms with E-state index in [1.165, 1.54) is 38.8 Å². The number of nitrogens with two attached hydrogens (primary N) is 1. The molecule has 2 heterocycles. The van der Waals surface area contributed by atoms with Crippen LogP contribution in [-0.4, -0.2) is 47.7 Å². The molecule has 2 unspecified atom stereocenters. The lowest BCUT2D eigenvalue weighted by molar-refractivity contribution is 0.168. The molecule has 2 atom stereocenters. The maximum absolute atomic E-state index is 8.42. The average Bonchev–Trinajstić information content (AvgIpc) is 2.76. The molecular formula is C11H22N4O. The third-order valence-electron chi connectivity index (χ3n) is 3.76. The van der Waals surface area contributed by atoms with Gasteiger partial charge in [0, 0.05) is 25.0 Å². The van der Waals surface area contributed by atoms with Crippen LogP contribution < -0.4 is 11.1 Å². The van der Waals surface area contributed by atoms with Crippen molar-refractivity contribution in [1.82, 2.24) is 10.2 Å². The molecule has 0 aliphatic carbocycles. The Labute approximate surface area is 96.7 Å². The van der Waals surface area contributed by atoms with Crippen molar-refractivity contribution in [3.8, 4) is 0 Å². The van der Waals surface area contributed by atoms with Crippen LogP contribution in [0.4, 0.5) is 0 Å². The predicted molar refractivity (Wildman–Crippen MR) is 63.6 cm³/mol. The minimum atomic E-state index is 0.311. The van der Waals surface area contributed by atoms with Gasteiger partial charge in [-0.2, -0.15) is 0 Å². The number of nitrogens with one attached hydrogen (secondary N) is 1. The van der Waals surface area contributed by atoms with E-state index in [9.17, 15) is 0 Å². The van der Waals surface area contributed by atoms with E-state index in [-0.39, 0.29) is 0 Å². The van der Waals surface area contributed by atoms with Crippen molar-refractivity contribution in [3.63, 3.8) is 0 Å². The number of fused-ring (bicyclic) bond motifs is 1. The van der Waals surface area contributed by atoms with E-state index in [1.54, 1.807) is 0 Å². The molecule has 2 rings (SSSR count). The molecule has 0 aromatic carbocycles. The van der Waals surface area contributed by atoms with E-state index >= 15 is 0 Å². The second-order valence-electron chi connectivity index (χ2n) is 4.85. The summed E-state index contributed by atoms with van der Waals surface area (Å²) in [5.74, 6) is 0.311. The van der Waals surface area contributed by atoms with Crippen LogP contribution in [-0.2, 0) is 0 Å². The zero-order valence-electron chi connectivity index (χ0n) is 9.73. The molecule has 0 radical (unpaired) electrons. The molecule has 0 spiro atoms. The minimum Gasteiger partial charge on any atom is -0.409 e. The first-order valence-electron chi connectivity index (χ1n) is 6.23. The fraction of sp³-hybridized carbons (Fsp3) is 0.909. The van der Waals surface area contributed by atoms with Crippen molar-refractivity contribution in [1.29, 1.82) is 0 Å². The lowest BCUT2D eigenvalue weighted by atomic mass is 9.97. The standard InChI is InChI=1S/C11H22N4O/c12-11(14-16)3-5-13-9-4-7-15-6-1-2-10(15)8-9/h9-10,13,16H,1-8H2,(H2,12,14). The van der Waals surface area contributed by atoms with Crippen LogP contribution in [0.2, 0.25) is 0 Å². The smallest absolute Gasteiger partial charge is 0.140 e. The first kappa shape index (κ1) is 11.7. The molecular weight excluding hydrogens is 204 g/mol. The Hall–Kier alpha value is -0.810. The largest absolute Gasteiger partial charge is 0.409 e. The molecule has 0 amide bonds. The molecule has 0 bridgehead atoms. The number of rotatable bonds is 4. The van der Waals surface area contributed by atoms with Gasteiger partial charge in [-0.15, -0.1) is 0 Å². The average molecular weight is 226 g/mol. The fourth-order valence-electron chi connectivity index (χ4n) is 2.86. The lowest BCUT2D eigenvalue weighted by Crippen LogP contribution is -2.46. The Morgan fingerprint density at radius 2 is 2.31 bits per heavy atom. The fourth-order valence-corrected chi connectivity index (χ4v) is 2.86. The molecule has 2 aliphatic rings. The summed E-state index contributed by atoms with van der Waals surface area (Å²) in [6.07, 6.45) is 5.84. The molecule has 16 heavy (non-hydrogen) atoms. The van der Waals surface area contributed by atoms with E-state index in [0.717, 1.165) is 12.6 Å². The summed E-state index contributed by atoms with van der Waals surface area (Å²) in [7, 11) is 0. The Balaban J connectivity index is 1.67. The van der Waals surface area contributed by atoms with Crippen LogP contribution in [0, 0.1) is 0 Å². The number of hydrogen-bond donors (Lipinski definition) is 3. The van der Waals surface area contributed by atoms with Gasteiger partial charge >= 0.3 is 0 Å². The van der Waals surface area contributed by atoms with Gasteiger partial charge < -0.3 is 21.2 Å². The van der Waals surface area contributed by atoms with E-state index in [4.69, 9.17) is 10.9 Å². The van der Waals surface area contributed by atoms with Crippen LogP contribution in [0.25, 0.3) is 0 Å². The van der Waals surface area contributed by atoms with Gasteiger partial charge in [0.25, 0.3) is 0 Å². The number of piperidine rings is 1. The van der Waals surface area contributed by atoms with E-state index in [1.807, 2.05) is 0 Å². The molecule has 0 aromatic rings. The Morgan fingerprint density at radius 3 is 3.12 bits per heavy atom. The van der Waals surface area contributed by atoms with E-state index < -0.39 is 0 Å². The van der Waals surface area contributed by atoms with E-state index in [2.05, 4.69) is 15.4 Å². The van der Waals surface area contributed by atoms with Crippen LogP contribution in [0.5, 0.6) is 0 Å². The molecule has 92 valence electrons. The normalized spacial score (nSPS) is 31.6. The number of oxime groups is 1. The van der Waals surface area contributed by atoms with Gasteiger partial charge in [-0.25, -0.2) is 0 Å². The van der Waals surface area contributed by atoms with E-state index in [0.29, 0.717) is 18.3 Å². The number of nitrogens with zero attached hydrogens (tertiary/aromatic N) is 2. The Kier molecular flexibility index (Phi) is 4.01. The Bertz CT molecular complexity index is 256. The highest BCUT2D eigenvalue weighted by Gasteiger charge is 2.31. The molecule has 2 fully saturated rings. The molecule has 5 heteroatoms. The highest BCUT2D eigenvalue weighted by Crippen LogP contribution is 2.26. The van der Waals surface area contributed by atoms with Crippen molar-refractivity contribution >= 4 is 5.84 Å². The maximum Gasteiger partial charge on any atom is 0.140 e. The lowest BCUT2D eigenvalue weighted by Gasteiger charge is -2.35. The highest BCUT2D eigenvalue weighted by atomic mass is 16.4. The van der Waals surface area contributed by atoms with Crippen molar-refractivity contribution in [2.75, 3.05) is 19.6 Å². The minimum absolute atomic E-state index is 0.311. The van der Waals surface area contributed by atoms with Crippen molar-refractivity contribution < 1.29 is 5.21 Å². The summed E-state index contributed by atoms with van der Waals surface area (Å²) < 4.78 is 0. The van der Waals surface area contributed by atoms with Crippen molar-refractivity contribution in [2.45, 2.75) is 44.2 Å². The third kappa shape index (κ3) is 2.86. The van der Waals surface area contributed by atoms with Gasteiger partial charge in [-0.3, -0.25) is 0 Å².